The smallest absolute Gasteiger partial charge is 0.410 e. The fourth-order valence-corrected chi connectivity index (χ4v) is 6.72. The van der Waals surface area contributed by atoms with E-state index in [1.165, 1.54) is 0 Å². The molecule has 5 aliphatic rings. The van der Waals surface area contributed by atoms with Gasteiger partial charge in [-0.2, -0.15) is 5.26 Å². The maximum Gasteiger partial charge on any atom is 0.410 e. The molecule has 2 heterocycles. The summed E-state index contributed by atoms with van der Waals surface area (Å²) in [4.78, 5) is 23.7. The summed E-state index contributed by atoms with van der Waals surface area (Å²) in [5.41, 5.74) is 1.46. The van der Waals surface area contributed by atoms with Gasteiger partial charge in [0.25, 0.3) is 0 Å². The molecule has 32 heavy (non-hydrogen) atoms. The molecular formula is C24H27N5O3. The fraction of sp³-hybridized carbons (Fsp3) is 0.583. The Morgan fingerprint density at radius 1 is 1.25 bits per heavy atom. The molecule has 1 amide bonds. The van der Waals surface area contributed by atoms with Crippen LogP contribution in [-0.4, -0.2) is 56.9 Å². The first kappa shape index (κ1) is 19.7. The summed E-state index contributed by atoms with van der Waals surface area (Å²) in [5.74, 6) is 1.88. The zero-order chi connectivity index (χ0) is 21.9. The van der Waals surface area contributed by atoms with Crippen LogP contribution in [0.2, 0.25) is 0 Å². The molecule has 166 valence electrons. The minimum atomic E-state index is -0.515. The Kier molecular flexibility index (Phi) is 4.51. The van der Waals surface area contributed by atoms with E-state index in [4.69, 9.17) is 10.00 Å². The van der Waals surface area contributed by atoms with E-state index in [-0.39, 0.29) is 18.2 Å². The van der Waals surface area contributed by atoms with Crippen LogP contribution >= 0.6 is 0 Å². The Bertz CT molecular complexity index is 1100. The summed E-state index contributed by atoms with van der Waals surface area (Å²) in [6.45, 7) is 1.22. The second kappa shape index (κ2) is 7.31. The van der Waals surface area contributed by atoms with Crippen LogP contribution in [-0.2, 0) is 4.74 Å². The van der Waals surface area contributed by atoms with Gasteiger partial charge in [-0.15, -0.1) is 0 Å². The molecule has 6 atom stereocenters. The van der Waals surface area contributed by atoms with Gasteiger partial charge in [-0.3, -0.25) is 4.98 Å². The van der Waals surface area contributed by atoms with Crippen LogP contribution in [0.4, 0.5) is 10.6 Å². The van der Waals surface area contributed by atoms with Crippen LogP contribution in [0.25, 0.3) is 11.0 Å². The van der Waals surface area contributed by atoms with Crippen LogP contribution in [0.15, 0.2) is 24.4 Å². The highest BCUT2D eigenvalue weighted by Gasteiger charge is 2.56. The first-order valence-corrected chi connectivity index (χ1v) is 11.6. The quantitative estimate of drug-likeness (QED) is 0.765. The number of aromatic nitrogens is 2. The lowest BCUT2D eigenvalue weighted by atomic mass is 9.53. The lowest BCUT2D eigenvalue weighted by Crippen LogP contribution is -2.58. The number of likely N-dealkylation sites (tertiary alicyclic amines) is 1. The molecule has 5 fully saturated rings. The Balaban J connectivity index is 1.07. The average molecular weight is 434 g/mol. The molecule has 1 saturated heterocycles. The van der Waals surface area contributed by atoms with Gasteiger partial charge < -0.3 is 20.1 Å². The zero-order valence-electron chi connectivity index (χ0n) is 17.9. The van der Waals surface area contributed by atoms with Gasteiger partial charge in [0, 0.05) is 19.1 Å². The number of rotatable bonds is 3. The van der Waals surface area contributed by atoms with E-state index in [1.54, 1.807) is 29.3 Å². The van der Waals surface area contributed by atoms with E-state index < -0.39 is 5.60 Å². The van der Waals surface area contributed by atoms with Crippen molar-refractivity contribution in [2.75, 3.05) is 18.4 Å². The molecule has 4 aliphatic carbocycles. The van der Waals surface area contributed by atoms with Crippen molar-refractivity contribution in [3.05, 3.63) is 30.0 Å². The number of nitrogens with zero attached hydrogens (tertiary/aromatic N) is 4. The summed E-state index contributed by atoms with van der Waals surface area (Å²) in [6, 6.07) is 7.46. The molecule has 5 unspecified atom stereocenters. The summed E-state index contributed by atoms with van der Waals surface area (Å²) in [7, 11) is 0. The molecule has 7 rings (SSSR count). The third-order valence-corrected chi connectivity index (χ3v) is 7.86. The van der Waals surface area contributed by atoms with Crippen LogP contribution in [0.5, 0.6) is 0 Å². The Morgan fingerprint density at radius 3 is 2.81 bits per heavy atom. The molecule has 8 nitrogen and oxygen atoms in total. The number of hydrogen-bond donors (Lipinski definition) is 2. The molecular weight excluding hydrogens is 406 g/mol. The van der Waals surface area contributed by atoms with Gasteiger partial charge >= 0.3 is 6.09 Å². The van der Waals surface area contributed by atoms with Gasteiger partial charge in [-0.25, -0.2) is 9.78 Å². The fourth-order valence-electron chi connectivity index (χ4n) is 6.72. The number of benzene rings is 1. The van der Waals surface area contributed by atoms with Crippen molar-refractivity contribution in [3.8, 4) is 6.07 Å². The molecule has 1 aromatic heterocycles. The lowest BCUT2D eigenvalue weighted by molar-refractivity contribution is -0.177. The molecule has 0 spiro atoms. The van der Waals surface area contributed by atoms with Gasteiger partial charge in [0.1, 0.15) is 11.9 Å². The Morgan fingerprint density at radius 2 is 2.06 bits per heavy atom. The second-order valence-corrected chi connectivity index (χ2v) is 10.2. The van der Waals surface area contributed by atoms with Gasteiger partial charge in [0.05, 0.1) is 34.5 Å². The number of ether oxygens (including phenoxy) is 1. The monoisotopic (exact) mass is 433 g/mol. The summed E-state index contributed by atoms with van der Waals surface area (Å²) >= 11 is 0. The third kappa shape index (κ3) is 3.45. The van der Waals surface area contributed by atoms with Crippen LogP contribution in [0.1, 0.15) is 44.1 Å². The number of fused-ring (bicyclic) bond motifs is 1. The molecule has 4 bridgehead atoms. The number of aliphatic hydroxyl groups is 1. The predicted molar refractivity (Wildman–Crippen MR) is 117 cm³/mol. The van der Waals surface area contributed by atoms with Gasteiger partial charge in [-0.05, 0) is 74.5 Å². The highest BCUT2D eigenvalue weighted by Crippen LogP contribution is 2.56. The zero-order valence-corrected chi connectivity index (χ0v) is 17.9. The molecule has 1 aliphatic heterocycles. The van der Waals surface area contributed by atoms with Gasteiger partial charge in [0.2, 0.25) is 0 Å². The first-order chi connectivity index (χ1) is 15.5. The SMILES string of the molecule is N#Cc1ccc2nc(NC3CCN(C(=O)OC4C5CC6C[C@@H]4CC(O)(C6)C5)C3)cnc2c1. The molecule has 2 aromatic rings. The number of amides is 1. The second-order valence-electron chi connectivity index (χ2n) is 10.2. The minimum Gasteiger partial charge on any atom is -0.446 e. The number of hydrogen-bond acceptors (Lipinski definition) is 7. The highest BCUT2D eigenvalue weighted by atomic mass is 16.6. The van der Waals surface area contributed by atoms with Crippen molar-refractivity contribution in [3.63, 3.8) is 0 Å². The van der Waals surface area contributed by atoms with Gasteiger partial charge in [-0.1, -0.05) is 0 Å². The van der Waals surface area contributed by atoms with E-state index in [0.717, 1.165) is 44.0 Å². The number of anilines is 1. The van der Waals surface area contributed by atoms with Gasteiger partial charge in [0.15, 0.2) is 0 Å². The maximum atomic E-state index is 12.9. The third-order valence-electron chi connectivity index (χ3n) is 7.86. The van der Waals surface area contributed by atoms with Crippen LogP contribution in [0, 0.1) is 29.1 Å². The average Bonchev–Trinajstić information content (AvgIpc) is 3.23. The standard InChI is InChI=1S/C24H27N5O3/c25-11-14-1-2-19-20(7-14)26-12-21(28-19)27-18-3-4-29(13-18)23(30)32-22-16-5-15-6-17(22)10-24(31,8-15)9-16/h1-2,7,12,15-18,22,31H,3-6,8-10,13H2,(H,27,28)/t15?,16-,17?,18?,22?,24?/m1/s1. The molecule has 8 heteroatoms. The van der Waals surface area contributed by atoms with Crippen LogP contribution < -0.4 is 5.32 Å². The highest BCUT2D eigenvalue weighted by molar-refractivity contribution is 5.77. The maximum absolute atomic E-state index is 12.9. The molecule has 0 radical (unpaired) electrons. The summed E-state index contributed by atoms with van der Waals surface area (Å²) < 4.78 is 6.03. The van der Waals surface area contributed by atoms with Crippen molar-refractivity contribution < 1.29 is 14.6 Å². The summed E-state index contributed by atoms with van der Waals surface area (Å²) in [6.07, 6.45) is 6.86. The topological polar surface area (TPSA) is 111 Å². The van der Waals surface area contributed by atoms with Crippen LogP contribution in [0.3, 0.4) is 0 Å². The number of nitriles is 1. The van der Waals surface area contributed by atoms with Crippen molar-refractivity contribution in [1.82, 2.24) is 14.9 Å². The number of carbonyl (C=O) groups excluding carboxylic acids is 1. The van der Waals surface area contributed by atoms with Crippen molar-refractivity contribution in [2.24, 2.45) is 17.8 Å². The van der Waals surface area contributed by atoms with E-state index in [2.05, 4.69) is 21.4 Å². The van der Waals surface area contributed by atoms with Crippen molar-refractivity contribution in [1.29, 1.82) is 5.26 Å². The molecule has 2 N–H and O–H groups in total. The number of carbonyl (C=O) groups is 1. The minimum absolute atomic E-state index is 0.0454. The predicted octanol–water partition coefficient (Wildman–Crippen LogP) is 3.06. The number of nitrogens with one attached hydrogen (secondary N) is 1. The summed E-state index contributed by atoms with van der Waals surface area (Å²) in [5, 5.41) is 23.2. The van der Waals surface area contributed by atoms with E-state index >= 15 is 0 Å². The molecule has 1 aromatic carbocycles. The van der Waals surface area contributed by atoms with E-state index in [1.807, 2.05) is 0 Å². The normalized spacial score (nSPS) is 35.1. The van der Waals surface area contributed by atoms with E-state index in [0.29, 0.717) is 47.7 Å². The lowest BCUT2D eigenvalue weighted by Gasteiger charge is -2.57. The Hall–Kier alpha value is -2.92. The first-order valence-electron chi connectivity index (χ1n) is 11.6. The van der Waals surface area contributed by atoms with Crippen molar-refractivity contribution >= 4 is 22.9 Å². The molecule has 4 saturated carbocycles. The van der Waals surface area contributed by atoms with Crippen molar-refractivity contribution in [2.45, 2.75) is 56.3 Å². The Labute approximate surface area is 186 Å². The largest absolute Gasteiger partial charge is 0.446 e. The van der Waals surface area contributed by atoms with E-state index in [9.17, 15) is 9.90 Å².